The van der Waals surface area contributed by atoms with E-state index >= 15 is 0 Å². The Labute approximate surface area is 165 Å². The molecule has 0 spiro atoms. The number of hydrogen-bond acceptors (Lipinski definition) is 5. The highest BCUT2D eigenvalue weighted by atomic mass is 28.4. The lowest BCUT2D eigenvalue weighted by molar-refractivity contribution is 0.0822. The predicted molar refractivity (Wildman–Crippen MR) is 116 cm³/mol. The zero-order chi connectivity index (χ0) is 19.9. The third-order valence-electron chi connectivity index (χ3n) is 4.97. The lowest BCUT2D eigenvalue weighted by Crippen LogP contribution is -2.28. The molecule has 0 aliphatic heterocycles. The van der Waals surface area contributed by atoms with Gasteiger partial charge >= 0.3 is 0 Å². The Hall–Kier alpha value is 0.234. The Balaban J connectivity index is 3.36. The van der Waals surface area contributed by atoms with Crippen molar-refractivity contribution in [3.05, 3.63) is 0 Å². The minimum absolute atomic E-state index is 0.804. The number of unbranched alkanes of at least 4 members (excludes halogenated alkanes) is 2. The molecule has 0 aromatic rings. The number of ether oxygens (including phenoxy) is 2. The maximum Gasteiger partial charge on any atom is 0.186 e. The van der Waals surface area contributed by atoms with Crippen molar-refractivity contribution in [1.82, 2.24) is 4.90 Å². The van der Waals surface area contributed by atoms with Gasteiger partial charge in [0.15, 0.2) is 16.6 Å². The fraction of sp³-hybridized carbons (Fsp3) is 1.00. The molecule has 0 radical (unpaired) electrons. The van der Waals surface area contributed by atoms with E-state index in [1.54, 1.807) is 0 Å². The predicted octanol–water partition coefficient (Wildman–Crippen LogP) is 4.21. The van der Waals surface area contributed by atoms with Crippen LogP contribution in [0.2, 0.25) is 38.3 Å². The van der Waals surface area contributed by atoms with E-state index in [1.807, 2.05) is 14.2 Å². The third-order valence-corrected chi connectivity index (χ3v) is 10.3. The van der Waals surface area contributed by atoms with Gasteiger partial charge in [-0.15, -0.1) is 0 Å². The standard InChI is InChI=1S/C19H45NO4Si2/c1-20(12-16-23-14-8-10-18-25(4,5)21-2)13-17-24-15-9-11-19-26(6,7)22-3/h8-19H2,1-7H3. The van der Waals surface area contributed by atoms with Crippen molar-refractivity contribution in [2.45, 2.75) is 64.0 Å². The van der Waals surface area contributed by atoms with Crippen LogP contribution in [-0.2, 0) is 18.3 Å². The lowest BCUT2D eigenvalue weighted by atomic mass is 10.3. The first-order valence-corrected chi connectivity index (χ1v) is 16.4. The van der Waals surface area contributed by atoms with Crippen LogP contribution < -0.4 is 0 Å². The second kappa shape index (κ2) is 15.2. The fourth-order valence-corrected chi connectivity index (χ4v) is 5.08. The highest BCUT2D eigenvalue weighted by Crippen LogP contribution is 2.14. The summed E-state index contributed by atoms with van der Waals surface area (Å²) in [6.07, 6.45) is 4.69. The first-order chi connectivity index (χ1) is 12.2. The number of likely N-dealkylation sites (N-methyl/N-ethyl adjacent to an activating group) is 1. The Morgan fingerprint density at radius 3 is 1.35 bits per heavy atom. The average Bonchev–Trinajstić information content (AvgIpc) is 2.60. The smallest absolute Gasteiger partial charge is 0.186 e. The van der Waals surface area contributed by atoms with E-state index in [-0.39, 0.29) is 0 Å². The van der Waals surface area contributed by atoms with Crippen LogP contribution in [0.5, 0.6) is 0 Å². The second-order valence-electron chi connectivity index (χ2n) is 8.37. The largest absolute Gasteiger partial charge is 0.420 e. The first kappa shape index (κ1) is 26.2. The van der Waals surface area contributed by atoms with Crippen LogP contribution in [0.15, 0.2) is 0 Å². The molecule has 0 aliphatic carbocycles. The van der Waals surface area contributed by atoms with Crippen molar-refractivity contribution in [3.63, 3.8) is 0 Å². The highest BCUT2D eigenvalue weighted by Gasteiger charge is 2.19. The normalized spacial score (nSPS) is 12.9. The first-order valence-electron chi connectivity index (χ1n) is 10.2. The van der Waals surface area contributed by atoms with E-state index in [0.29, 0.717) is 0 Å². The molecule has 0 fully saturated rings. The molecule has 0 aliphatic rings. The lowest BCUT2D eigenvalue weighted by Gasteiger charge is -2.20. The van der Waals surface area contributed by atoms with Crippen molar-refractivity contribution in [3.8, 4) is 0 Å². The van der Waals surface area contributed by atoms with Gasteiger partial charge in [0.1, 0.15) is 0 Å². The molecule has 0 aromatic heterocycles. The number of hydrogen-bond donors (Lipinski definition) is 0. The minimum Gasteiger partial charge on any atom is -0.420 e. The summed E-state index contributed by atoms with van der Waals surface area (Å²) < 4.78 is 22.6. The van der Waals surface area contributed by atoms with Gasteiger partial charge in [-0.25, -0.2) is 0 Å². The van der Waals surface area contributed by atoms with Gasteiger partial charge in [-0.1, -0.05) is 12.8 Å². The van der Waals surface area contributed by atoms with E-state index in [2.05, 4.69) is 38.1 Å². The zero-order valence-corrected chi connectivity index (χ0v) is 20.6. The van der Waals surface area contributed by atoms with Gasteiger partial charge in [0.25, 0.3) is 0 Å². The Morgan fingerprint density at radius 2 is 1.00 bits per heavy atom. The van der Waals surface area contributed by atoms with Crippen LogP contribution in [0.4, 0.5) is 0 Å². The van der Waals surface area contributed by atoms with E-state index in [0.717, 1.165) is 52.4 Å². The summed E-state index contributed by atoms with van der Waals surface area (Å²) in [4.78, 5) is 2.28. The molecule has 0 unspecified atom stereocenters. The van der Waals surface area contributed by atoms with E-state index in [4.69, 9.17) is 18.3 Å². The van der Waals surface area contributed by atoms with E-state index in [9.17, 15) is 0 Å². The number of rotatable bonds is 18. The van der Waals surface area contributed by atoms with Crippen molar-refractivity contribution in [2.24, 2.45) is 0 Å². The van der Waals surface area contributed by atoms with Crippen molar-refractivity contribution >= 4 is 16.6 Å². The molecule has 0 rings (SSSR count). The molecule has 7 heteroatoms. The molecule has 0 saturated heterocycles. The topological polar surface area (TPSA) is 40.2 Å². The van der Waals surface area contributed by atoms with Gasteiger partial charge < -0.3 is 23.2 Å². The molecule has 5 nitrogen and oxygen atoms in total. The quantitative estimate of drug-likeness (QED) is 0.251. The summed E-state index contributed by atoms with van der Waals surface area (Å²) in [5, 5.41) is 0. The van der Waals surface area contributed by atoms with Gasteiger partial charge in [-0.05, 0) is 58.2 Å². The summed E-state index contributed by atoms with van der Waals surface area (Å²) in [6, 6.07) is 2.44. The maximum absolute atomic E-state index is 5.74. The van der Waals surface area contributed by atoms with Gasteiger partial charge in [0.05, 0.1) is 13.2 Å². The molecular weight excluding hydrogens is 362 g/mol. The van der Waals surface area contributed by atoms with Crippen molar-refractivity contribution in [2.75, 3.05) is 60.8 Å². The van der Waals surface area contributed by atoms with Crippen LogP contribution in [0.1, 0.15) is 25.7 Å². The third kappa shape index (κ3) is 16.4. The van der Waals surface area contributed by atoms with Crippen LogP contribution in [0, 0.1) is 0 Å². The summed E-state index contributed by atoms with van der Waals surface area (Å²) >= 11 is 0. The van der Waals surface area contributed by atoms with Crippen molar-refractivity contribution < 1.29 is 18.3 Å². The summed E-state index contributed by atoms with van der Waals surface area (Å²) in [6.45, 7) is 14.3. The molecule has 0 atom stereocenters. The fourth-order valence-electron chi connectivity index (χ4n) is 2.47. The monoisotopic (exact) mass is 407 g/mol. The van der Waals surface area contributed by atoms with Gasteiger partial charge in [0.2, 0.25) is 0 Å². The summed E-state index contributed by atoms with van der Waals surface area (Å²) in [5.41, 5.74) is 0. The molecule has 0 amide bonds. The Bertz CT molecular complexity index is 301. The van der Waals surface area contributed by atoms with Crippen LogP contribution in [-0.4, -0.2) is 82.3 Å². The minimum atomic E-state index is -1.38. The molecule has 0 N–H and O–H groups in total. The van der Waals surface area contributed by atoms with Crippen molar-refractivity contribution in [1.29, 1.82) is 0 Å². The van der Waals surface area contributed by atoms with Gasteiger partial charge in [-0.3, -0.25) is 0 Å². The summed E-state index contributed by atoms with van der Waals surface area (Å²) in [5.74, 6) is 0. The van der Waals surface area contributed by atoms with Crippen LogP contribution in [0.25, 0.3) is 0 Å². The molecule has 0 aromatic carbocycles. The Morgan fingerprint density at radius 1 is 0.615 bits per heavy atom. The Kier molecular flexibility index (Phi) is 15.3. The summed E-state index contributed by atoms with van der Waals surface area (Å²) in [7, 11) is 3.04. The molecule has 0 saturated carbocycles. The van der Waals surface area contributed by atoms with Crippen LogP contribution in [0.3, 0.4) is 0 Å². The molecular formula is C19H45NO4Si2. The zero-order valence-electron chi connectivity index (χ0n) is 18.6. The number of nitrogens with zero attached hydrogens (tertiary/aromatic N) is 1. The molecule has 0 heterocycles. The van der Waals surface area contributed by atoms with E-state index in [1.165, 1.54) is 24.9 Å². The molecule has 158 valence electrons. The van der Waals surface area contributed by atoms with E-state index < -0.39 is 16.6 Å². The van der Waals surface area contributed by atoms with Crippen LogP contribution >= 0.6 is 0 Å². The SMILES string of the molecule is CO[Si](C)(C)CCCCOCCN(C)CCOCCCC[Si](C)(C)OC. The van der Waals surface area contributed by atoms with Gasteiger partial charge in [-0.2, -0.15) is 0 Å². The maximum atomic E-state index is 5.74. The molecule has 26 heavy (non-hydrogen) atoms. The average molecular weight is 408 g/mol. The highest BCUT2D eigenvalue weighted by molar-refractivity contribution is 6.71. The second-order valence-corrected chi connectivity index (χ2v) is 17.2. The van der Waals surface area contributed by atoms with Gasteiger partial charge in [0, 0.05) is 40.5 Å². The molecule has 0 bridgehead atoms.